The van der Waals surface area contributed by atoms with E-state index in [1.807, 2.05) is 13.1 Å². The fourth-order valence-corrected chi connectivity index (χ4v) is 3.35. The van der Waals surface area contributed by atoms with Crippen molar-refractivity contribution in [3.05, 3.63) is 44.3 Å². The number of anilines is 1. The van der Waals surface area contributed by atoms with Gasteiger partial charge in [0.05, 0.1) is 6.54 Å². The van der Waals surface area contributed by atoms with Gasteiger partial charge in [0, 0.05) is 51.5 Å². The summed E-state index contributed by atoms with van der Waals surface area (Å²) in [4.78, 5) is 7.83. The lowest BCUT2D eigenvalue weighted by molar-refractivity contribution is 0.907. The average Bonchev–Trinajstić information content (AvgIpc) is 2.74. The molecule has 2 N–H and O–H groups in total. The number of aryl methyl sites for hydroxylation is 1. The van der Waals surface area contributed by atoms with Crippen molar-refractivity contribution in [3.63, 3.8) is 0 Å². The number of thiophene rings is 1. The highest BCUT2D eigenvalue weighted by atomic mass is 79.9. The Morgan fingerprint density at radius 1 is 1.44 bits per heavy atom. The molecule has 18 heavy (non-hydrogen) atoms. The normalized spacial score (nSPS) is 10.7. The van der Waals surface area contributed by atoms with Crippen molar-refractivity contribution < 1.29 is 0 Å². The minimum absolute atomic E-state index is 0.515. The third-order valence-corrected chi connectivity index (χ3v) is 4.43. The summed E-state index contributed by atoms with van der Waals surface area (Å²) >= 11 is 5.23. The minimum atomic E-state index is 0.515. The Hall–Kier alpha value is -0.910. The fourth-order valence-electron chi connectivity index (χ4n) is 1.84. The molecular weight excluding hydrogens is 310 g/mol. The molecule has 0 aliphatic carbocycles. The van der Waals surface area contributed by atoms with Crippen molar-refractivity contribution in [1.82, 2.24) is 4.98 Å². The molecule has 2 aromatic rings. The first-order valence-electron chi connectivity index (χ1n) is 5.70. The standard InChI is InChI=1S/C13H16BrN3S/c1-9-3-13(10(5-15)6-16-9)17(2)7-12-4-11(14)8-18-12/h3-4,6,8H,5,7,15H2,1-2H3. The van der Waals surface area contributed by atoms with Gasteiger partial charge in [0.15, 0.2) is 0 Å². The van der Waals surface area contributed by atoms with Crippen LogP contribution >= 0.6 is 27.3 Å². The molecule has 2 aromatic heterocycles. The lowest BCUT2D eigenvalue weighted by atomic mass is 10.2. The van der Waals surface area contributed by atoms with E-state index in [1.54, 1.807) is 11.3 Å². The van der Waals surface area contributed by atoms with Gasteiger partial charge in [-0.2, -0.15) is 0 Å². The summed E-state index contributed by atoms with van der Waals surface area (Å²) in [6.45, 7) is 3.40. The molecule has 3 nitrogen and oxygen atoms in total. The Morgan fingerprint density at radius 2 is 2.22 bits per heavy atom. The third kappa shape index (κ3) is 3.10. The van der Waals surface area contributed by atoms with E-state index in [1.165, 1.54) is 4.88 Å². The average molecular weight is 326 g/mol. The van der Waals surface area contributed by atoms with Crippen molar-refractivity contribution in [2.24, 2.45) is 5.73 Å². The number of rotatable bonds is 4. The predicted octanol–water partition coefficient (Wildman–Crippen LogP) is 3.31. The zero-order chi connectivity index (χ0) is 13.1. The first-order valence-corrected chi connectivity index (χ1v) is 7.37. The predicted molar refractivity (Wildman–Crippen MR) is 81.0 cm³/mol. The van der Waals surface area contributed by atoms with Gasteiger partial charge in [0.25, 0.3) is 0 Å². The number of nitrogens with zero attached hydrogens (tertiary/aromatic N) is 2. The van der Waals surface area contributed by atoms with Gasteiger partial charge in [-0.25, -0.2) is 0 Å². The van der Waals surface area contributed by atoms with Crippen LogP contribution in [-0.2, 0) is 13.1 Å². The van der Waals surface area contributed by atoms with Crippen LogP contribution in [0.5, 0.6) is 0 Å². The molecule has 0 saturated carbocycles. The molecule has 0 aliphatic rings. The van der Waals surface area contributed by atoms with Crippen molar-refractivity contribution >= 4 is 33.0 Å². The van der Waals surface area contributed by atoms with Crippen LogP contribution in [0.15, 0.2) is 28.2 Å². The van der Waals surface area contributed by atoms with Crippen LogP contribution < -0.4 is 10.6 Å². The second kappa shape index (κ2) is 5.82. The Bertz CT molecular complexity index is 539. The molecule has 96 valence electrons. The molecule has 0 unspecified atom stereocenters. The van der Waals surface area contributed by atoms with Crippen LogP contribution in [0, 0.1) is 6.92 Å². The molecule has 0 radical (unpaired) electrons. The van der Waals surface area contributed by atoms with Gasteiger partial charge in [0.1, 0.15) is 0 Å². The summed E-state index contributed by atoms with van der Waals surface area (Å²) < 4.78 is 1.14. The van der Waals surface area contributed by atoms with E-state index in [2.05, 4.69) is 50.4 Å². The van der Waals surface area contributed by atoms with Crippen LogP contribution in [0.3, 0.4) is 0 Å². The van der Waals surface area contributed by atoms with E-state index < -0.39 is 0 Å². The number of nitrogens with two attached hydrogens (primary N) is 1. The van der Waals surface area contributed by atoms with Crippen LogP contribution in [0.4, 0.5) is 5.69 Å². The summed E-state index contributed by atoms with van der Waals surface area (Å²) in [7, 11) is 2.08. The highest BCUT2D eigenvalue weighted by Crippen LogP contribution is 2.25. The molecule has 2 heterocycles. The molecule has 0 amide bonds. The smallest absolute Gasteiger partial charge is 0.0520 e. The first kappa shape index (κ1) is 13.5. The Kier molecular flexibility index (Phi) is 4.37. The molecule has 5 heteroatoms. The van der Waals surface area contributed by atoms with E-state index in [-0.39, 0.29) is 0 Å². The van der Waals surface area contributed by atoms with Crippen LogP contribution in [0.1, 0.15) is 16.1 Å². The summed E-state index contributed by atoms with van der Waals surface area (Å²) in [5.74, 6) is 0. The first-order chi connectivity index (χ1) is 8.60. The number of aromatic nitrogens is 1. The molecule has 0 aromatic carbocycles. The maximum atomic E-state index is 5.76. The molecular formula is C13H16BrN3S. The van der Waals surface area contributed by atoms with Crippen LogP contribution in [0.2, 0.25) is 0 Å². The van der Waals surface area contributed by atoms with Crippen molar-refractivity contribution in [1.29, 1.82) is 0 Å². The highest BCUT2D eigenvalue weighted by molar-refractivity contribution is 9.10. The molecule has 0 spiro atoms. The van der Waals surface area contributed by atoms with E-state index in [4.69, 9.17) is 5.73 Å². The van der Waals surface area contributed by atoms with Gasteiger partial charge < -0.3 is 10.6 Å². The lowest BCUT2D eigenvalue weighted by Gasteiger charge is -2.21. The minimum Gasteiger partial charge on any atom is -0.369 e. The summed E-state index contributed by atoms with van der Waals surface area (Å²) in [5, 5.41) is 2.10. The Balaban J connectivity index is 2.22. The highest BCUT2D eigenvalue weighted by Gasteiger charge is 2.09. The number of hydrogen-bond acceptors (Lipinski definition) is 4. The second-order valence-corrected chi connectivity index (χ2v) is 6.16. The van der Waals surface area contributed by atoms with E-state index in [9.17, 15) is 0 Å². The van der Waals surface area contributed by atoms with Gasteiger partial charge in [-0.1, -0.05) is 0 Å². The summed E-state index contributed by atoms with van der Waals surface area (Å²) in [5.41, 5.74) is 9.02. The van der Waals surface area contributed by atoms with Crippen LogP contribution in [0.25, 0.3) is 0 Å². The van der Waals surface area contributed by atoms with Gasteiger partial charge in [-0.15, -0.1) is 11.3 Å². The summed E-state index contributed by atoms with van der Waals surface area (Å²) in [6, 6.07) is 4.24. The number of pyridine rings is 1. The molecule has 0 saturated heterocycles. The number of hydrogen-bond donors (Lipinski definition) is 1. The monoisotopic (exact) mass is 325 g/mol. The molecule has 0 fully saturated rings. The van der Waals surface area contributed by atoms with Crippen molar-refractivity contribution in [2.45, 2.75) is 20.0 Å². The van der Waals surface area contributed by atoms with Gasteiger partial charge in [-0.05, 0) is 35.0 Å². The zero-order valence-corrected chi connectivity index (χ0v) is 12.9. The Morgan fingerprint density at radius 3 is 2.83 bits per heavy atom. The van der Waals surface area contributed by atoms with E-state index in [0.29, 0.717) is 6.54 Å². The topological polar surface area (TPSA) is 42.1 Å². The third-order valence-electron chi connectivity index (χ3n) is 2.74. The SMILES string of the molecule is Cc1cc(N(C)Cc2cc(Br)cs2)c(CN)cn1. The largest absolute Gasteiger partial charge is 0.369 e. The zero-order valence-electron chi connectivity index (χ0n) is 10.5. The Labute approximate surface area is 120 Å². The quantitative estimate of drug-likeness (QED) is 0.937. The van der Waals surface area contributed by atoms with Crippen molar-refractivity contribution in [3.8, 4) is 0 Å². The molecule has 0 atom stereocenters. The van der Waals surface area contributed by atoms with Crippen molar-refractivity contribution in [2.75, 3.05) is 11.9 Å². The number of halogens is 1. The van der Waals surface area contributed by atoms with Gasteiger partial charge >= 0.3 is 0 Å². The van der Waals surface area contributed by atoms with Gasteiger partial charge in [0.2, 0.25) is 0 Å². The van der Waals surface area contributed by atoms with Crippen LogP contribution in [-0.4, -0.2) is 12.0 Å². The maximum absolute atomic E-state index is 5.76. The molecule has 0 aliphatic heterocycles. The molecule has 0 bridgehead atoms. The maximum Gasteiger partial charge on any atom is 0.0520 e. The summed E-state index contributed by atoms with van der Waals surface area (Å²) in [6.07, 6.45) is 1.87. The van der Waals surface area contributed by atoms with E-state index >= 15 is 0 Å². The molecule has 2 rings (SSSR count). The lowest BCUT2D eigenvalue weighted by Crippen LogP contribution is -2.18. The van der Waals surface area contributed by atoms with Gasteiger partial charge in [-0.3, -0.25) is 4.98 Å². The fraction of sp³-hybridized carbons (Fsp3) is 0.308. The van der Waals surface area contributed by atoms with E-state index in [0.717, 1.165) is 28.0 Å². The second-order valence-electron chi connectivity index (χ2n) is 4.25.